The van der Waals surface area contributed by atoms with E-state index in [4.69, 9.17) is 0 Å². The monoisotopic (exact) mass is 202 g/mol. The number of halogens is 1. The molecule has 1 heterocycles. The molecule has 0 aliphatic rings. The van der Waals surface area contributed by atoms with E-state index in [0.717, 1.165) is 16.1 Å². The highest BCUT2D eigenvalue weighted by Crippen LogP contribution is 2.17. The summed E-state index contributed by atoms with van der Waals surface area (Å²) in [7, 11) is 0. The third-order valence-corrected chi connectivity index (χ3v) is 2.16. The number of rotatable bonds is 1. The van der Waals surface area contributed by atoms with Crippen LogP contribution in [0.15, 0.2) is 4.60 Å². The molecule has 10 heavy (non-hydrogen) atoms. The molecular formula is C7H11BrN2. The second kappa shape index (κ2) is 2.74. The smallest absolute Gasteiger partial charge is 0.127 e. The Bertz CT molecular complexity index is 208. The maximum atomic E-state index is 4.27. The van der Waals surface area contributed by atoms with Crippen LogP contribution in [0.25, 0.3) is 0 Å². The maximum absolute atomic E-state index is 4.27. The maximum Gasteiger partial charge on any atom is 0.127 e. The van der Waals surface area contributed by atoms with Crippen molar-refractivity contribution in [3.05, 3.63) is 16.1 Å². The predicted octanol–water partition coefficient (Wildman–Crippen LogP) is 2.60. The first-order valence-corrected chi connectivity index (χ1v) is 4.12. The molecule has 0 atom stereocenters. The molecule has 3 heteroatoms. The lowest BCUT2D eigenvalue weighted by atomic mass is 10.2. The highest BCUT2D eigenvalue weighted by Gasteiger charge is 2.05. The average molecular weight is 203 g/mol. The van der Waals surface area contributed by atoms with Crippen molar-refractivity contribution in [2.75, 3.05) is 0 Å². The molecule has 0 aliphatic carbocycles. The van der Waals surface area contributed by atoms with Gasteiger partial charge in [0.05, 0.1) is 0 Å². The first kappa shape index (κ1) is 7.79. The van der Waals surface area contributed by atoms with E-state index < -0.39 is 0 Å². The van der Waals surface area contributed by atoms with E-state index in [-0.39, 0.29) is 0 Å². The quantitative estimate of drug-likeness (QED) is 0.746. The fourth-order valence-electron chi connectivity index (χ4n) is 0.735. The molecule has 0 bridgehead atoms. The van der Waals surface area contributed by atoms with Gasteiger partial charge in [-0.1, -0.05) is 13.8 Å². The van der Waals surface area contributed by atoms with Crippen molar-refractivity contribution in [2.24, 2.45) is 0 Å². The Morgan fingerprint density at radius 3 is 2.30 bits per heavy atom. The standard InChI is InChI=1S/C7H11BrN2/c1-4(2)7-9-5(3)6(8)10-7/h4H,1-3H3,(H,9,10). The van der Waals surface area contributed by atoms with Crippen molar-refractivity contribution in [1.82, 2.24) is 9.97 Å². The minimum atomic E-state index is 0.477. The molecule has 1 rings (SSSR count). The van der Waals surface area contributed by atoms with E-state index in [1.165, 1.54) is 0 Å². The van der Waals surface area contributed by atoms with Crippen molar-refractivity contribution in [3.8, 4) is 0 Å². The zero-order valence-electron chi connectivity index (χ0n) is 6.40. The molecule has 0 spiro atoms. The first-order chi connectivity index (χ1) is 4.61. The Balaban J connectivity index is 2.98. The zero-order chi connectivity index (χ0) is 7.72. The van der Waals surface area contributed by atoms with Gasteiger partial charge in [-0.05, 0) is 22.9 Å². The van der Waals surface area contributed by atoms with Crippen LogP contribution in [0.3, 0.4) is 0 Å². The molecule has 1 aromatic rings. The van der Waals surface area contributed by atoms with Crippen LogP contribution in [-0.4, -0.2) is 9.97 Å². The highest BCUT2D eigenvalue weighted by atomic mass is 79.9. The summed E-state index contributed by atoms with van der Waals surface area (Å²) < 4.78 is 0.927. The molecular weight excluding hydrogens is 192 g/mol. The minimum absolute atomic E-state index is 0.477. The molecule has 0 fully saturated rings. The van der Waals surface area contributed by atoms with Gasteiger partial charge in [-0.3, -0.25) is 0 Å². The Labute approximate surface area is 69.2 Å². The van der Waals surface area contributed by atoms with Gasteiger partial charge in [-0.25, -0.2) is 4.98 Å². The molecule has 2 nitrogen and oxygen atoms in total. The second-order valence-electron chi connectivity index (χ2n) is 2.69. The van der Waals surface area contributed by atoms with Crippen LogP contribution in [0.2, 0.25) is 0 Å². The van der Waals surface area contributed by atoms with Crippen LogP contribution in [0.1, 0.15) is 31.3 Å². The number of H-pyrrole nitrogens is 1. The van der Waals surface area contributed by atoms with Gasteiger partial charge >= 0.3 is 0 Å². The van der Waals surface area contributed by atoms with Gasteiger partial charge in [-0.2, -0.15) is 0 Å². The fraction of sp³-hybridized carbons (Fsp3) is 0.571. The highest BCUT2D eigenvalue weighted by molar-refractivity contribution is 9.10. The fourth-order valence-corrected chi connectivity index (χ4v) is 1.02. The lowest BCUT2D eigenvalue weighted by Crippen LogP contribution is -1.88. The Kier molecular flexibility index (Phi) is 2.14. The molecule has 0 amide bonds. The second-order valence-corrected chi connectivity index (χ2v) is 3.44. The summed E-state index contributed by atoms with van der Waals surface area (Å²) in [6.07, 6.45) is 0. The van der Waals surface area contributed by atoms with Crippen molar-refractivity contribution in [1.29, 1.82) is 0 Å². The van der Waals surface area contributed by atoms with Gasteiger partial charge in [0.2, 0.25) is 0 Å². The van der Waals surface area contributed by atoms with Crippen LogP contribution in [-0.2, 0) is 0 Å². The molecule has 56 valence electrons. The minimum Gasteiger partial charge on any atom is -0.345 e. The van der Waals surface area contributed by atoms with Crippen LogP contribution in [0, 0.1) is 6.92 Å². The molecule has 0 aromatic carbocycles. The van der Waals surface area contributed by atoms with Crippen LogP contribution in [0.4, 0.5) is 0 Å². The number of hydrogen-bond acceptors (Lipinski definition) is 1. The van der Waals surface area contributed by atoms with E-state index in [1.54, 1.807) is 0 Å². The number of hydrogen-bond donors (Lipinski definition) is 1. The van der Waals surface area contributed by atoms with E-state index in [2.05, 4.69) is 39.7 Å². The van der Waals surface area contributed by atoms with Gasteiger partial charge in [0.15, 0.2) is 0 Å². The predicted molar refractivity (Wildman–Crippen MR) is 45.1 cm³/mol. The summed E-state index contributed by atoms with van der Waals surface area (Å²) in [6, 6.07) is 0. The molecule has 0 radical (unpaired) electrons. The number of nitrogens with zero attached hydrogens (tertiary/aromatic N) is 1. The summed E-state index contributed by atoms with van der Waals surface area (Å²) in [5.74, 6) is 1.52. The molecule has 1 N–H and O–H groups in total. The number of nitrogens with one attached hydrogen (secondary N) is 1. The van der Waals surface area contributed by atoms with Gasteiger partial charge in [-0.15, -0.1) is 0 Å². The van der Waals surface area contributed by atoms with Gasteiger partial charge in [0, 0.05) is 11.6 Å². The van der Waals surface area contributed by atoms with Crippen LogP contribution < -0.4 is 0 Å². The zero-order valence-corrected chi connectivity index (χ0v) is 7.99. The Morgan fingerprint density at radius 1 is 1.50 bits per heavy atom. The summed E-state index contributed by atoms with van der Waals surface area (Å²) in [5.41, 5.74) is 1.10. The summed E-state index contributed by atoms with van der Waals surface area (Å²) in [6.45, 7) is 6.23. The summed E-state index contributed by atoms with van der Waals surface area (Å²) in [5, 5.41) is 0. The van der Waals surface area contributed by atoms with Gasteiger partial charge in [0.1, 0.15) is 10.4 Å². The summed E-state index contributed by atoms with van der Waals surface area (Å²) in [4.78, 5) is 7.46. The first-order valence-electron chi connectivity index (χ1n) is 3.33. The van der Waals surface area contributed by atoms with Crippen LogP contribution in [0.5, 0.6) is 0 Å². The third-order valence-electron chi connectivity index (χ3n) is 1.39. The Morgan fingerprint density at radius 2 is 2.10 bits per heavy atom. The molecule has 1 aromatic heterocycles. The third kappa shape index (κ3) is 1.40. The largest absolute Gasteiger partial charge is 0.345 e. The summed E-state index contributed by atoms with van der Waals surface area (Å²) >= 11 is 3.34. The number of aryl methyl sites for hydroxylation is 1. The van der Waals surface area contributed by atoms with Crippen molar-refractivity contribution < 1.29 is 0 Å². The van der Waals surface area contributed by atoms with Crippen molar-refractivity contribution in [2.45, 2.75) is 26.7 Å². The normalized spacial score (nSPS) is 10.9. The lowest BCUT2D eigenvalue weighted by Gasteiger charge is -1.95. The molecule has 0 aliphatic heterocycles. The van der Waals surface area contributed by atoms with E-state index >= 15 is 0 Å². The number of aromatic amines is 1. The molecule has 0 unspecified atom stereocenters. The van der Waals surface area contributed by atoms with E-state index in [9.17, 15) is 0 Å². The molecule has 0 saturated carbocycles. The van der Waals surface area contributed by atoms with E-state index in [1.807, 2.05) is 6.92 Å². The Hall–Kier alpha value is -0.310. The number of imidazole rings is 1. The topological polar surface area (TPSA) is 28.7 Å². The number of aromatic nitrogens is 2. The average Bonchev–Trinajstić information content (AvgIpc) is 2.13. The van der Waals surface area contributed by atoms with E-state index in [0.29, 0.717) is 5.92 Å². The van der Waals surface area contributed by atoms with Gasteiger partial charge in [0.25, 0.3) is 0 Å². The van der Waals surface area contributed by atoms with Crippen molar-refractivity contribution in [3.63, 3.8) is 0 Å². The SMILES string of the molecule is Cc1[nH]c(C(C)C)nc1Br. The lowest BCUT2D eigenvalue weighted by molar-refractivity contribution is 0.791. The van der Waals surface area contributed by atoms with Gasteiger partial charge < -0.3 is 4.98 Å². The van der Waals surface area contributed by atoms with Crippen molar-refractivity contribution >= 4 is 15.9 Å². The van der Waals surface area contributed by atoms with Crippen LogP contribution >= 0.6 is 15.9 Å². The molecule has 0 saturated heterocycles.